The zero-order valence-corrected chi connectivity index (χ0v) is 16.3. The quantitative estimate of drug-likeness (QED) is 0.456. The molecule has 2 aliphatic carbocycles. The number of esters is 1. The summed E-state index contributed by atoms with van der Waals surface area (Å²) in [5.74, 6) is 0.915. The molecule has 1 N–H and O–H groups in total. The number of isocyanates is 1. The molecular weight excluding hydrogens is 376 g/mol. The molecule has 2 heterocycles. The Hall–Kier alpha value is -2.67. The van der Waals surface area contributed by atoms with Crippen LogP contribution in [0.2, 0.25) is 0 Å². The summed E-state index contributed by atoms with van der Waals surface area (Å²) in [6, 6.07) is 3.86. The molecule has 1 unspecified atom stereocenters. The van der Waals surface area contributed by atoms with Gasteiger partial charge in [-0.25, -0.2) is 9.59 Å². The van der Waals surface area contributed by atoms with E-state index in [1.807, 2.05) is 19.2 Å². The van der Waals surface area contributed by atoms with Crippen molar-refractivity contribution in [1.29, 1.82) is 0 Å². The number of carbonyl (C=O) groups is 1. The first-order chi connectivity index (χ1) is 14.0. The fraction of sp³-hybridized carbons (Fsp3) is 0.524. The molecule has 2 bridgehead atoms. The number of benzene rings is 1. The van der Waals surface area contributed by atoms with Crippen LogP contribution >= 0.6 is 0 Å². The van der Waals surface area contributed by atoms with Crippen molar-refractivity contribution in [2.24, 2.45) is 4.99 Å². The number of hydrogen-bond donors (Lipinski definition) is 1. The third-order valence-corrected chi connectivity index (χ3v) is 7.06. The molecule has 5 rings (SSSR count). The first-order valence-electron chi connectivity index (χ1n) is 9.70. The highest BCUT2D eigenvalue weighted by Gasteiger charge is 2.72. The first-order valence-corrected chi connectivity index (χ1v) is 9.70. The fourth-order valence-corrected chi connectivity index (χ4v) is 5.85. The molecule has 0 amide bonds. The van der Waals surface area contributed by atoms with Crippen molar-refractivity contribution in [2.75, 3.05) is 27.2 Å². The van der Waals surface area contributed by atoms with Crippen LogP contribution in [0.3, 0.4) is 0 Å². The molecule has 152 valence electrons. The van der Waals surface area contributed by atoms with Gasteiger partial charge in [0.2, 0.25) is 6.08 Å². The van der Waals surface area contributed by atoms with Crippen LogP contribution in [-0.4, -0.2) is 67.0 Å². The Kier molecular flexibility index (Phi) is 3.90. The lowest BCUT2D eigenvalue weighted by Crippen LogP contribution is -2.74. The number of rotatable bonds is 4. The maximum Gasteiger partial charge on any atom is 0.333 e. The van der Waals surface area contributed by atoms with Gasteiger partial charge in [-0.05, 0) is 44.1 Å². The van der Waals surface area contributed by atoms with Crippen molar-refractivity contribution in [3.63, 3.8) is 0 Å². The van der Waals surface area contributed by atoms with Gasteiger partial charge in [-0.15, -0.1) is 0 Å². The van der Waals surface area contributed by atoms with E-state index >= 15 is 0 Å². The number of hydrogen-bond acceptors (Lipinski definition) is 8. The molecule has 8 heteroatoms. The van der Waals surface area contributed by atoms with Gasteiger partial charge in [-0.2, -0.15) is 4.99 Å². The van der Waals surface area contributed by atoms with Gasteiger partial charge in [0, 0.05) is 18.0 Å². The van der Waals surface area contributed by atoms with Crippen LogP contribution in [0.5, 0.6) is 11.5 Å². The topological polar surface area (TPSA) is 97.7 Å². The lowest BCUT2D eigenvalue weighted by atomic mass is 9.50. The van der Waals surface area contributed by atoms with Crippen molar-refractivity contribution >= 4 is 12.0 Å². The summed E-state index contributed by atoms with van der Waals surface area (Å²) in [5.41, 5.74) is 0.329. The van der Waals surface area contributed by atoms with E-state index in [1.54, 1.807) is 13.2 Å². The van der Waals surface area contributed by atoms with Crippen LogP contribution in [0.1, 0.15) is 24.0 Å². The number of carbonyl (C=O) groups excluding carboxylic acids is 2. The highest BCUT2D eigenvalue weighted by atomic mass is 16.6. The molecule has 29 heavy (non-hydrogen) atoms. The Morgan fingerprint density at radius 2 is 2.31 bits per heavy atom. The van der Waals surface area contributed by atoms with E-state index in [0.717, 1.165) is 17.7 Å². The van der Waals surface area contributed by atoms with Gasteiger partial charge in [-0.1, -0.05) is 6.07 Å². The molecule has 0 radical (unpaired) electrons. The van der Waals surface area contributed by atoms with Crippen molar-refractivity contribution < 1.29 is 28.9 Å². The maximum absolute atomic E-state index is 12.1. The molecule has 1 aromatic carbocycles. The van der Waals surface area contributed by atoms with E-state index in [1.165, 1.54) is 6.08 Å². The van der Waals surface area contributed by atoms with Crippen LogP contribution < -0.4 is 9.47 Å². The van der Waals surface area contributed by atoms with Crippen molar-refractivity contribution in [3.05, 3.63) is 35.1 Å². The number of nitrogens with zero attached hydrogens (tertiary/aromatic N) is 2. The number of piperidine rings is 1. The van der Waals surface area contributed by atoms with Crippen LogP contribution in [0, 0.1) is 0 Å². The molecule has 1 saturated heterocycles. The molecule has 1 aromatic rings. The van der Waals surface area contributed by atoms with E-state index in [-0.39, 0.29) is 6.04 Å². The Morgan fingerprint density at radius 1 is 1.48 bits per heavy atom. The van der Waals surface area contributed by atoms with E-state index in [9.17, 15) is 14.7 Å². The molecule has 1 spiro atoms. The Labute approximate surface area is 167 Å². The standard InChI is InChI=1S/C21H22N2O6/c1-23-8-7-20-17-12-3-4-13(27-2)18(17)29-19(20)14(28-16(25)10-22-11-24)5-6-21(20,26)15(23)9-12/h3-5,15,19,26H,6-10H2,1-2H3/t15-,19?,20+,21-/m1/s1. The summed E-state index contributed by atoms with van der Waals surface area (Å²) >= 11 is 0. The summed E-state index contributed by atoms with van der Waals surface area (Å²) in [7, 11) is 3.62. The second-order valence-corrected chi connectivity index (χ2v) is 8.17. The van der Waals surface area contributed by atoms with Gasteiger partial charge in [0.15, 0.2) is 17.6 Å². The van der Waals surface area contributed by atoms with Crippen molar-refractivity contribution in [3.8, 4) is 11.5 Å². The van der Waals surface area contributed by atoms with Crippen LogP contribution in [0.15, 0.2) is 29.0 Å². The molecule has 0 aromatic heterocycles. The highest BCUT2D eigenvalue weighted by molar-refractivity contribution is 5.74. The van der Waals surface area contributed by atoms with Crippen LogP contribution in [0.4, 0.5) is 0 Å². The molecule has 4 atom stereocenters. The zero-order valence-electron chi connectivity index (χ0n) is 16.3. The van der Waals surface area contributed by atoms with Gasteiger partial charge in [0.05, 0.1) is 18.1 Å². The number of methoxy groups -OCH3 is 1. The number of likely N-dealkylation sites (N-methyl/N-ethyl adjacent to an activating group) is 1. The average Bonchev–Trinajstić information content (AvgIpc) is 3.06. The van der Waals surface area contributed by atoms with Gasteiger partial charge in [0.1, 0.15) is 12.3 Å². The first kappa shape index (κ1) is 18.4. The highest BCUT2D eigenvalue weighted by Crippen LogP contribution is 2.65. The molecule has 1 fully saturated rings. The number of aliphatic hydroxyl groups is 1. The Bertz CT molecular complexity index is 984. The molecule has 8 nitrogen and oxygen atoms in total. The maximum atomic E-state index is 12.1. The molecule has 4 aliphatic rings. The average molecular weight is 398 g/mol. The van der Waals surface area contributed by atoms with Crippen LogP contribution in [0.25, 0.3) is 0 Å². The van der Waals surface area contributed by atoms with Crippen LogP contribution in [-0.2, 0) is 26.2 Å². The predicted octanol–water partition coefficient (Wildman–Crippen LogP) is 0.852. The summed E-state index contributed by atoms with van der Waals surface area (Å²) in [6.07, 6.45) is 4.16. The SMILES string of the molecule is COc1ccc2c3c1OC1C(OC(=O)CN=C=O)=CC[C@@]4(O)[C@@H](C2)N(C)CC[C@]314. The second-order valence-electron chi connectivity index (χ2n) is 8.17. The van der Waals surface area contributed by atoms with Gasteiger partial charge >= 0.3 is 5.97 Å². The largest absolute Gasteiger partial charge is 0.493 e. The van der Waals surface area contributed by atoms with E-state index < -0.39 is 29.6 Å². The molecule has 0 saturated carbocycles. The minimum Gasteiger partial charge on any atom is -0.493 e. The Balaban J connectivity index is 1.67. The lowest BCUT2D eigenvalue weighted by molar-refractivity contribution is -0.168. The Morgan fingerprint density at radius 3 is 3.07 bits per heavy atom. The van der Waals surface area contributed by atoms with Gasteiger partial charge < -0.3 is 24.2 Å². The van der Waals surface area contributed by atoms with E-state index in [4.69, 9.17) is 14.2 Å². The van der Waals surface area contributed by atoms with Gasteiger partial charge in [-0.3, -0.25) is 0 Å². The summed E-state index contributed by atoms with van der Waals surface area (Å²) in [5, 5.41) is 12.0. The predicted molar refractivity (Wildman–Crippen MR) is 101 cm³/mol. The molecular formula is C21H22N2O6. The van der Waals surface area contributed by atoms with E-state index in [0.29, 0.717) is 36.5 Å². The normalized spacial score (nSPS) is 33.7. The smallest absolute Gasteiger partial charge is 0.333 e. The summed E-state index contributed by atoms with van der Waals surface area (Å²) in [4.78, 5) is 27.9. The zero-order chi connectivity index (χ0) is 20.4. The summed E-state index contributed by atoms with van der Waals surface area (Å²) < 4.78 is 17.4. The minimum absolute atomic E-state index is 0.0673. The number of aliphatic imine (C=N–C) groups is 1. The van der Waals surface area contributed by atoms with Gasteiger partial charge in [0.25, 0.3) is 0 Å². The molecule has 2 aliphatic heterocycles. The minimum atomic E-state index is -1.05. The monoisotopic (exact) mass is 398 g/mol. The summed E-state index contributed by atoms with van der Waals surface area (Å²) in [6.45, 7) is 0.386. The lowest BCUT2D eigenvalue weighted by Gasteiger charge is -2.61. The van der Waals surface area contributed by atoms with Crippen molar-refractivity contribution in [1.82, 2.24) is 4.90 Å². The fourth-order valence-electron chi connectivity index (χ4n) is 5.85. The van der Waals surface area contributed by atoms with Crippen molar-refractivity contribution in [2.45, 2.75) is 42.4 Å². The number of ether oxygens (including phenoxy) is 3. The number of likely N-dealkylation sites (tertiary alicyclic amines) is 1. The second kappa shape index (κ2) is 6.16. The van der Waals surface area contributed by atoms with E-state index in [2.05, 4.69) is 9.89 Å². The third-order valence-electron chi connectivity index (χ3n) is 7.06. The third kappa shape index (κ3) is 2.19.